The van der Waals surface area contributed by atoms with Crippen molar-refractivity contribution in [2.24, 2.45) is 46.3 Å². The molecule has 0 bridgehead atoms. The Balaban J connectivity index is 1.44. The molecule has 2 N–H and O–H groups in total. The Labute approximate surface area is 183 Å². The summed E-state index contributed by atoms with van der Waals surface area (Å²) in [6, 6.07) is 0. The molecular weight excluding hydrogens is 372 g/mol. The van der Waals surface area contributed by atoms with Crippen LogP contribution in [0.25, 0.3) is 0 Å². The smallest absolute Gasteiger partial charge is 0.306 e. The van der Waals surface area contributed by atoms with Crippen molar-refractivity contribution in [3.8, 4) is 0 Å². The van der Waals surface area contributed by atoms with Crippen LogP contribution in [0.15, 0.2) is 11.6 Å². The zero-order valence-corrected chi connectivity index (χ0v) is 19.7. The summed E-state index contributed by atoms with van der Waals surface area (Å²) in [6.07, 6.45) is 15.2. The van der Waals surface area contributed by atoms with Gasteiger partial charge in [-0.3, -0.25) is 4.79 Å². The van der Waals surface area contributed by atoms with Crippen molar-refractivity contribution in [3.05, 3.63) is 11.6 Å². The van der Waals surface area contributed by atoms with Gasteiger partial charge in [0.25, 0.3) is 0 Å². The molecule has 0 radical (unpaired) electrons. The quantitative estimate of drug-likeness (QED) is 0.489. The van der Waals surface area contributed by atoms with E-state index in [1.54, 1.807) is 5.57 Å². The van der Waals surface area contributed by atoms with Crippen molar-refractivity contribution in [1.82, 2.24) is 0 Å². The van der Waals surface area contributed by atoms with Crippen LogP contribution in [0.4, 0.5) is 0 Å². The first-order chi connectivity index (χ1) is 14.2. The fourth-order valence-corrected chi connectivity index (χ4v) is 8.69. The molecule has 3 nitrogen and oxygen atoms in total. The number of carboxylic acid groups (broad SMARTS) is 1. The minimum absolute atomic E-state index is 0.115. The van der Waals surface area contributed by atoms with Gasteiger partial charge >= 0.3 is 5.97 Å². The summed E-state index contributed by atoms with van der Waals surface area (Å²) in [5.41, 5.74) is 2.37. The van der Waals surface area contributed by atoms with Gasteiger partial charge in [-0.15, -0.1) is 0 Å². The number of allylic oxidation sites excluding steroid dienone is 1. The van der Waals surface area contributed by atoms with Crippen LogP contribution < -0.4 is 0 Å². The normalized spacial score (nSPS) is 45.0. The Morgan fingerprint density at radius 1 is 1.10 bits per heavy atom. The van der Waals surface area contributed by atoms with Crippen molar-refractivity contribution < 1.29 is 15.0 Å². The molecule has 0 amide bonds. The maximum atomic E-state index is 11.1. The Hall–Kier alpha value is -0.830. The van der Waals surface area contributed by atoms with Gasteiger partial charge in [-0.2, -0.15) is 0 Å². The lowest BCUT2D eigenvalue weighted by atomic mass is 9.47. The second kappa shape index (κ2) is 8.26. The zero-order valence-electron chi connectivity index (χ0n) is 19.7. The van der Waals surface area contributed by atoms with Crippen LogP contribution in [0.3, 0.4) is 0 Å². The van der Waals surface area contributed by atoms with E-state index in [4.69, 9.17) is 5.11 Å². The lowest BCUT2D eigenvalue weighted by molar-refractivity contribution is -0.141. The van der Waals surface area contributed by atoms with Crippen LogP contribution in [0.5, 0.6) is 0 Å². The third kappa shape index (κ3) is 3.67. The Morgan fingerprint density at radius 3 is 2.60 bits per heavy atom. The monoisotopic (exact) mass is 416 g/mol. The average Bonchev–Trinajstić information content (AvgIpc) is 3.05. The van der Waals surface area contributed by atoms with Crippen molar-refractivity contribution >= 4 is 5.97 Å². The molecule has 0 aromatic heterocycles. The molecule has 3 fully saturated rings. The first-order valence-corrected chi connectivity index (χ1v) is 12.8. The minimum atomic E-state index is -0.651. The molecule has 0 spiro atoms. The van der Waals surface area contributed by atoms with Gasteiger partial charge in [-0.1, -0.05) is 52.2 Å². The highest BCUT2D eigenvalue weighted by Gasteiger charge is 2.59. The third-order valence-corrected chi connectivity index (χ3v) is 10.6. The van der Waals surface area contributed by atoms with E-state index in [0.29, 0.717) is 16.7 Å². The molecule has 0 heterocycles. The second-order valence-electron chi connectivity index (χ2n) is 12.0. The second-order valence-corrected chi connectivity index (χ2v) is 12.0. The van der Waals surface area contributed by atoms with Gasteiger partial charge < -0.3 is 10.2 Å². The summed E-state index contributed by atoms with van der Waals surface area (Å²) in [6.45, 7) is 9.41. The highest BCUT2D eigenvalue weighted by atomic mass is 16.4. The number of rotatable bonds is 6. The number of aliphatic hydroxyl groups is 1. The first-order valence-electron chi connectivity index (χ1n) is 12.8. The lowest BCUT2D eigenvalue weighted by Crippen LogP contribution is -2.50. The molecule has 4 aliphatic carbocycles. The van der Waals surface area contributed by atoms with Gasteiger partial charge in [0.2, 0.25) is 0 Å². The van der Waals surface area contributed by atoms with E-state index in [9.17, 15) is 9.90 Å². The summed E-state index contributed by atoms with van der Waals surface area (Å²) >= 11 is 0. The summed E-state index contributed by atoms with van der Waals surface area (Å²) < 4.78 is 0. The largest absolute Gasteiger partial charge is 0.481 e. The summed E-state index contributed by atoms with van der Waals surface area (Å²) in [5.74, 6) is 3.14. The number of fused-ring (bicyclic) bond motifs is 5. The van der Waals surface area contributed by atoms with Gasteiger partial charge in [-0.05, 0) is 98.2 Å². The van der Waals surface area contributed by atoms with Crippen molar-refractivity contribution in [2.75, 3.05) is 0 Å². The van der Waals surface area contributed by atoms with Crippen LogP contribution in [-0.2, 0) is 4.79 Å². The van der Waals surface area contributed by atoms with Crippen LogP contribution >= 0.6 is 0 Å². The Kier molecular flexibility index (Phi) is 6.16. The highest BCUT2D eigenvalue weighted by molar-refractivity contribution is 5.69. The zero-order chi connectivity index (χ0) is 21.7. The van der Waals surface area contributed by atoms with Gasteiger partial charge in [0, 0.05) is 0 Å². The molecule has 3 heteroatoms. The molecule has 0 saturated heterocycles. The molecule has 3 saturated carbocycles. The Bertz CT molecular complexity index is 684. The number of aliphatic hydroxyl groups excluding tert-OH is 1. The van der Waals surface area contributed by atoms with Gasteiger partial charge in [-0.25, -0.2) is 0 Å². The molecule has 0 aromatic carbocycles. The van der Waals surface area contributed by atoms with E-state index in [-0.39, 0.29) is 12.0 Å². The molecule has 170 valence electrons. The molecule has 4 rings (SSSR count). The molecule has 4 aliphatic rings. The minimum Gasteiger partial charge on any atom is -0.481 e. The SMILES string of the molecule is CC(CCCC(C)C1CCC2C3CC=C4CC(O)CCC4(C)C3CCC12C)C(=O)O. The number of carbonyl (C=O) groups is 1. The predicted molar refractivity (Wildman–Crippen MR) is 121 cm³/mol. The third-order valence-electron chi connectivity index (χ3n) is 10.6. The Morgan fingerprint density at radius 2 is 1.87 bits per heavy atom. The van der Waals surface area contributed by atoms with E-state index in [1.165, 1.54) is 44.9 Å². The van der Waals surface area contributed by atoms with Gasteiger partial charge in [0.05, 0.1) is 12.0 Å². The van der Waals surface area contributed by atoms with E-state index in [2.05, 4.69) is 26.8 Å². The number of aliphatic carboxylic acids is 1. The summed E-state index contributed by atoms with van der Waals surface area (Å²) in [4.78, 5) is 11.1. The number of hydrogen-bond donors (Lipinski definition) is 2. The summed E-state index contributed by atoms with van der Waals surface area (Å²) in [5, 5.41) is 19.4. The maximum absolute atomic E-state index is 11.1. The van der Waals surface area contributed by atoms with E-state index in [0.717, 1.165) is 49.4 Å². The van der Waals surface area contributed by atoms with Gasteiger partial charge in [0.1, 0.15) is 0 Å². The lowest BCUT2D eigenvalue weighted by Gasteiger charge is -2.58. The molecule has 9 atom stereocenters. The molecule has 0 aromatic rings. The predicted octanol–water partition coefficient (Wildman–Crippen LogP) is 6.45. The molecule has 0 aliphatic heterocycles. The molecule has 30 heavy (non-hydrogen) atoms. The first kappa shape index (κ1) is 22.4. The number of hydrogen-bond acceptors (Lipinski definition) is 2. The molecule has 9 unspecified atom stereocenters. The highest BCUT2D eigenvalue weighted by Crippen LogP contribution is 2.67. The average molecular weight is 417 g/mol. The summed E-state index contributed by atoms with van der Waals surface area (Å²) in [7, 11) is 0. The van der Waals surface area contributed by atoms with Crippen LogP contribution in [-0.4, -0.2) is 22.3 Å². The van der Waals surface area contributed by atoms with Crippen molar-refractivity contribution in [3.63, 3.8) is 0 Å². The van der Waals surface area contributed by atoms with E-state index >= 15 is 0 Å². The van der Waals surface area contributed by atoms with Crippen LogP contribution in [0.1, 0.15) is 98.3 Å². The van der Waals surface area contributed by atoms with E-state index in [1.807, 2.05) is 6.92 Å². The standard InChI is InChI=1S/C27H44O3/c1-17(6-5-7-18(2)25(29)30)22-10-11-23-21-9-8-19-16-20(28)12-14-26(19,3)24(21)13-15-27(22,23)4/h8,17-18,20-24,28H,5-7,9-16H2,1-4H3,(H,29,30). The number of carboxylic acids is 1. The van der Waals surface area contributed by atoms with Gasteiger partial charge in [0.15, 0.2) is 0 Å². The fourth-order valence-electron chi connectivity index (χ4n) is 8.69. The topological polar surface area (TPSA) is 57.5 Å². The van der Waals surface area contributed by atoms with Crippen LogP contribution in [0.2, 0.25) is 0 Å². The maximum Gasteiger partial charge on any atom is 0.306 e. The molecular formula is C27H44O3. The fraction of sp³-hybridized carbons (Fsp3) is 0.889. The van der Waals surface area contributed by atoms with Crippen LogP contribution in [0, 0.1) is 46.3 Å². The van der Waals surface area contributed by atoms with Crippen molar-refractivity contribution in [1.29, 1.82) is 0 Å². The van der Waals surface area contributed by atoms with E-state index < -0.39 is 5.97 Å². The van der Waals surface area contributed by atoms with Crippen molar-refractivity contribution in [2.45, 2.75) is 104 Å².